The van der Waals surface area contributed by atoms with Gasteiger partial charge in [-0.05, 0) is 36.5 Å². The predicted octanol–water partition coefficient (Wildman–Crippen LogP) is 2.11. The Balaban J connectivity index is 2.24. The number of aromatic nitrogens is 1. The summed E-state index contributed by atoms with van der Waals surface area (Å²) in [6, 6.07) is 3.96. The first-order valence-corrected chi connectivity index (χ1v) is 6.05. The van der Waals surface area contributed by atoms with Crippen molar-refractivity contribution in [1.82, 2.24) is 4.98 Å². The number of nitrogens with zero attached hydrogens (tertiary/aromatic N) is 1. The standard InChI is InChI=1S/C13H19NO2/c15-8-12-6-11(7-13(9-16)14-12)10-4-2-1-3-5-10/h6-7,10,15-16H,1-5,8-9H2. The van der Waals surface area contributed by atoms with E-state index >= 15 is 0 Å². The number of aliphatic hydroxyl groups excluding tert-OH is 2. The summed E-state index contributed by atoms with van der Waals surface area (Å²) in [5, 5.41) is 18.3. The SMILES string of the molecule is OCc1cc(C2CCCCC2)cc(CO)n1. The molecule has 0 aliphatic heterocycles. The summed E-state index contributed by atoms with van der Waals surface area (Å²) in [5.41, 5.74) is 2.59. The molecule has 88 valence electrons. The maximum Gasteiger partial charge on any atom is 0.0853 e. The van der Waals surface area contributed by atoms with Gasteiger partial charge in [0.25, 0.3) is 0 Å². The third-order valence-corrected chi connectivity index (χ3v) is 3.35. The fourth-order valence-corrected chi connectivity index (χ4v) is 2.51. The smallest absolute Gasteiger partial charge is 0.0853 e. The van der Waals surface area contributed by atoms with Crippen LogP contribution in [-0.2, 0) is 13.2 Å². The van der Waals surface area contributed by atoms with E-state index in [-0.39, 0.29) is 13.2 Å². The minimum atomic E-state index is -0.0481. The van der Waals surface area contributed by atoms with Crippen LogP contribution in [0.2, 0.25) is 0 Å². The van der Waals surface area contributed by atoms with E-state index in [0.717, 1.165) is 0 Å². The Morgan fingerprint density at radius 1 is 1.00 bits per heavy atom. The summed E-state index contributed by atoms with van der Waals surface area (Å²) < 4.78 is 0. The average molecular weight is 221 g/mol. The molecule has 0 bridgehead atoms. The van der Waals surface area contributed by atoms with Crippen molar-refractivity contribution in [1.29, 1.82) is 0 Å². The van der Waals surface area contributed by atoms with Crippen molar-refractivity contribution >= 4 is 0 Å². The Hall–Kier alpha value is -0.930. The Bertz CT molecular complexity index is 324. The highest BCUT2D eigenvalue weighted by Crippen LogP contribution is 2.33. The zero-order valence-electron chi connectivity index (χ0n) is 9.52. The van der Waals surface area contributed by atoms with Crippen LogP contribution in [-0.4, -0.2) is 15.2 Å². The van der Waals surface area contributed by atoms with Crippen molar-refractivity contribution in [2.75, 3.05) is 0 Å². The van der Waals surface area contributed by atoms with Gasteiger partial charge in [-0.2, -0.15) is 0 Å². The van der Waals surface area contributed by atoms with E-state index in [4.69, 9.17) is 10.2 Å². The lowest BCUT2D eigenvalue weighted by atomic mass is 9.84. The van der Waals surface area contributed by atoms with E-state index in [9.17, 15) is 0 Å². The molecule has 0 spiro atoms. The van der Waals surface area contributed by atoms with Gasteiger partial charge in [-0.1, -0.05) is 19.3 Å². The second-order valence-corrected chi connectivity index (χ2v) is 4.53. The van der Waals surface area contributed by atoms with Crippen molar-refractivity contribution in [2.24, 2.45) is 0 Å². The van der Waals surface area contributed by atoms with Crippen molar-refractivity contribution in [2.45, 2.75) is 51.2 Å². The van der Waals surface area contributed by atoms with Gasteiger partial charge in [0.1, 0.15) is 0 Å². The molecule has 0 radical (unpaired) electrons. The van der Waals surface area contributed by atoms with Crippen LogP contribution in [0.4, 0.5) is 0 Å². The molecule has 0 amide bonds. The fourth-order valence-electron chi connectivity index (χ4n) is 2.51. The first-order valence-electron chi connectivity index (χ1n) is 6.05. The lowest BCUT2D eigenvalue weighted by Crippen LogP contribution is -2.07. The minimum Gasteiger partial charge on any atom is -0.390 e. The number of pyridine rings is 1. The molecule has 1 saturated carbocycles. The summed E-state index contributed by atoms with van der Waals surface area (Å²) in [5.74, 6) is 0.590. The molecule has 1 aliphatic carbocycles. The molecule has 2 N–H and O–H groups in total. The largest absolute Gasteiger partial charge is 0.390 e. The molecule has 2 rings (SSSR count). The molecular formula is C13H19NO2. The summed E-state index contributed by atoms with van der Waals surface area (Å²) in [4.78, 5) is 4.17. The van der Waals surface area contributed by atoms with Crippen LogP contribution in [0.1, 0.15) is 55.0 Å². The molecule has 3 heteroatoms. The molecule has 0 saturated heterocycles. The molecular weight excluding hydrogens is 202 g/mol. The van der Waals surface area contributed by atoms with Crippen molar-refractivity contribution in [3.63, 3.8) is 0 Å². The Kier molecular flexibility index (Phi) is 3.91. The molecule has 1 fully saturated rings. The summed E-state index contributed by atoms with van der Waals surface area (Å²) in [7, 11) is 0. The van der Waals surface area contributed by atoms with Gasteiger partial charge in [0, 0.05) is 0 Å². The highest BCUT2D eigenvalue weighted by Gasteiger charge is 2.16. The first-order chi connectivity index (χ1) is 7.83. The second-order valence-electron chi connectivity index (χ2n) is 4.53. The van der Waals surface area contributed by atoms with Crippen molar-refractivity contribution < 1.29 is 10.2 Å². The van der Waals surface area contributed by atoms with Crippen LogP contribution in [0.15, 0.2) is 12.1 Å². The van der Waals surface area contributed by atoms with E-state index in [2.05, 4.69) is 4.98 Å². The molecule has 0 atom stereocenters. The lowest BCUT2D eigenvalue weighted by molar-refractivity contribution is 0.265. The average Bonchev–Trinajstić information content (AvgIpc) is 2.39. The molecule has 0 aromatic carbocycles. The fraction of sp³-hybridized carbons (Fsp3) is 0.615. The topological polar surface area (TPSA) is 53.4 Å². The molecule has 1 aromatic heterocycles. The van der Waals surface area contributed by atoms with E-state index in [0.29, 0.717) is 17.3 Å². The zero-order valence-corrected chi connectivity index (χ0v) is 9.52. The maximum atomic E-state index is 9.14. The second kappa shape index (κ2) is 5.41. The summed E-state index contributed by atoms with van der Waals surface area (Å²) in [6.07, 6.45) is 6.35. The van der Waals surface area contributed by atoms with Gasteiger partial charge in [0.2, 0.25) is 0 Å². The van der Waals surface area contributed by atoms with Crippen LogP contribution in [0.5, 0.6) is 0 Å². The molecule has 16 heavy (non-hydrogen) atoms. The minimum absolute atomic E-state index is 0.0481. The van der Waals surface area contributed by atoms with Gasteiger partial charge >= 0.3 is 0 Å². The first kappa shape index (κ1) is 11.6. The van der Waals surface area contributed by atoms with Gasteiger partial charge in [-0.25, -0.2) is 0 Å². The van der Waals surface area contributed by atoms with E-state index in [1.807, 2.05) is 12.1 Å². The predicted molar refractivity (Wildman–Crippen MR) is 61.9 cm³/mol. The van der Waals surface area contributed by atoms with Crippen LogP contribution < -0.4 is 0 Å². The van der Waals surface area contributed by atoms with Gasteiger partial charge in [0.15, 0.2) is 0 Å². The monoisotopic (exact) mass is 221 g/mol. The third-order valence-electron chi connectivity index (χ3n) is 3.35. The van der Waals surface area contributed by atoms with Crippen LogP contribution in [0.25, 0.3) is 0 Å². The summed E-state index contributed by atoms with van der Waals surface area (Å²) in [6.45, 7) is -0.0961. The molecule has 3 nitrogen and oxygen atoms in total. The van der Waals surface area contributed by atoms with Gasteiger partial charge in [-0.15, -0.1) is 0 Å². The van der Waals surface area contributed by atoms with Crippen LogP contribution in [0.3, 0.4) is 0 Å². The molecule has 1 aromatic rings. The number of hydrogen-bond acceptors (Lipinski definition) is 3. The Morgan fingerprint density at radius 2 is 1.56 bits per heavy atom. The van der Waals surface area contributed by atoms with E-state index in [1.54, 1.807) is 0 Å². The zero-order chi connectivity index (χ0) is 11.4. The van der Waals surface area contributed by atoms with Gasteiger partial charge in [-0.3, -0.25) is 4.98 Å². The quantitative estimate of drug-likeness (QED) is 0.822. The van der Waals surface area contributed by atoms with Crippen LogP contribution >= 0.6 is 0 Å². The Labute approximate surface area is 96.2 Å². The van der Waals surface area contributed by atoms with Crippen LogP contribution in [0, 0.1) is 0 Å². The maximum absolute atomic E-state index is 9.14. The van der Waals surface area contributed by atoms with E-state index < -0.39 is 0 Å². The molecule has 1 aliphatic rings. The normalized spacial score (nSPS) is 17.6. The van der Waals surface area contributed by atoms with Crippen molar-refractivity contribution in [3.05, 3.63) is 29.1 Å². The van der Waals surface area contributed by atoms with Gasteiger partial charge < -0.3 is 10.2 Å². The summed E-state index contributed by atoms with van der Waals surface area (Å²) >= 11 is 0. The highest BCUT2D eigenvalue weighted by molar-refractivity contribution is 5.25. The lowest BCUT2D eigenvalue weighted by Gasteiger charge is -2.22. The number of aliphatic hydroxyl groups is 2. The van der Waals surface area contributed by atoms with E-state index in [1.165, 1.54) is 37.7 Å². The van der Waals surface area contributed by atoms with Gasteiger partial charge in [0.05, 0.1) is 24.6 Å². The number of hydrogen-bond donors (Lipinski definition) is 2. The molecule has 0 unspecified atom stereocenters. The third kappa shape index (κ3) is 2.60. The Morgan fingerprint density at radius 3 is 2.06 bits per heavy atom. The number of rotatable bonds is 3. The highest BCUT2D eigenvalue weighted by atomic mass is 16.3. The molecule has 1 heterocycles. The van der Waals surface area contributed by atoms with Crippen molar-refractivity contribution in [3.8, 4) is 0 Å².